The molecule has 7 nitrogen and oxygen atoms in total. The van der Waals surface area contributed by atoms with Gasteiger partial charge in [0.25, 0.3) is 0 Å². The summed E-state index contributed by atoms with van der Waals surface area (Å²) in [6.45, 7) is 0.666. The molecule has 21 heavy (non-hydrogen) atoms. The first kappa shape index (κ1) is 14.6. The quantitative estimate of drug-likeness (QED) is 0.639. The molecule has 0 radical (unpaired) electrons. The second-order valence-corrected chi connectivity index (χ2v) is 4.36. The Morgan fingerprint density at radius 3 is 2.76 bits per heavy atom. The molecule has 0 saturated heterocycles. The molecule has 2 rings (SSSR count). The first-order valence-corrected chi connectivity index (χ1v) is 6.48. The van der Waals surface area contributed by atoms with Gasteiger partial charge < -0.3 is 20.7 Å². The molecule has 0 unspecified atom stereocenters. The van der Waals surface area contributed by atoms with Crippen LogP contribution in [0.1, 0.15) is 21.7 Å². The fourth-order valence-electron chi connectivity index (χ4n) is 1.88. The molecule has 0 aliphatic rings. The van der Waals surface area contributed by atoms with E-state index in [4.69, 9.17) is 5.11 Å². The van der Waals surface area contributed by atoms with E-state index >= 15 is 0 Å². The Kier molecular flexibility index (Phi) is 4.92. The summed E-state index contributed by atoms with van der Waals surface area (Å²) in [5.41, 5.74) is 0.951. The Bertz CT molecular complexity index is 610. The van der Waals surface area contributed by atoms with Gasteiger partial charge in [0, 0.05) is 18.9 Å². The number of aromatic carboxylic acids is 1. The van der Waals surface area contributed by atoms with Crippen molar-refractivity contribution in [3.05, 3.63) is 53.6 Å². The molecular weight excluding hydrogens is 272 g/mol. The van der Waals surface area contributed by atoms with Crippen molar-refractivity contribution in [2.75, 3.05) is 6.54 Å². The summed E-state index contributed by atoms with van der Waals surface area (Å²) in [5.74, 6) is -0.297. The third-order valence-corrected chi connectivity index (χ3v) is 2.90. The minimum Gasteiger partial charge on any atom is -0.478 e. The third kappa shape index (κ3) is 4.34. The van der Waals surface area contributed by atoms with E-state index in [9.17, 15) is 9.59 Å². The standard InChI is InChI=1S/C14H16N4O3/c19-13(20)11-4-2-1-3-10(11)5-6-17-14(21)18-9-12-15-7-8-16-12/h1-4,7-8H,5-6,9H2,(H,15,16)(H,19,20)(H2,17,18,21). The molecule has 0 bridgehead atoms. The lowest BCUT2D eigenvalue weighted by Gasteiger charge is -2.08. The highest BCUT2D eigenvalue weighted by atomic mass is 16.4. The number of rotatable bonds is 6. The molecule has 0 aliphatic heterocycles. The summed E-state index contributed by atoms with van der Waals surface area (Å²) >= 11 is 0. The predicted octanol–water partition coefficient (Wildman–Crippen LogP) is 1.15. The van der Waals surface area contributed by atoms with E-state index in [0.717, 1.165) is 0 Å². The summed E-state index contributed by atoms with van der Waals surface area (Å²) < 4.78 is 0. The van der Waals surface area contributed by atoms with E-state index in [-0.39, 0.29) is 11.6 Å². The van der Waals surface area contributed by atoms with Gasteiger partial charge in [0.1, 0.15) is 5.82 Å². The number of hydrogen-bond acceptors (Lipinski definition) is 3. The number of urea groups is 1. The topological polar surface area (TPSA) is 107 Å². The lowest BCUT2D eigenvalue weighted by Crippen LogP contribution is -2.36. The summed E-state index contributed by atoms with van der Waals surface area (Å²) in [6, 6.07) is 6.43. The van der Waals surface area contributed by atoms with Crippen molar-refractivity contribution in [2.24, 2.45) is 0 Å². The number of nitrogens with zero attached hydrogens (tertiary/aromatic N) is 1. The van der Waals surface area contributed by atoms with E-state index in [1.807, 2.05) is 0 Å². The van der Waals surface area contributed by atoms with Crippen LogP contribution < -0.4 is 10.6 Å². The molecule has 0 spiro atoms. The van der Waals surface area contributed by atoms with Crippen LogP contribution >= 0.6 is 0 Å². The predicted molar refractivity (Wildman–Crippen MR) is 75.9 cm³/mol. The fraction of sp³-hybridized carbons (Fsp3) is 0.214. The van der Waals surface area contributed by atoms with Crippen molar-refractivity contribution in [1.82, 2.24) is 20.6 Å². The molecule has 110 valence electrons. The molecule has 1 heterocycles. The van der Waals surface area contributed by atoms with Crippen LogP contribution in [0, 0.1) is 0 Å². The number of nitrogens with one attached hydrogen (secondary N) is 3. The van der Waals surface area contributed by atoms with Crippen LogP contribution in [-0.2, 0) is 13.0 Å². The van der Waals surface area contributed by atoms with Gasteiger partial charge in [-0.1, -0.05) is 18.2 Å². The average molecular weight is 288 g/mol. The number of hydrogen-bond donors (Lipinski definition) is 4. The van der Waals surface area contributed by atoms with E-state index in [1.165, 1.54) is 0 Å². The van der Waals surface area contributed by atoms with Gasteiger partial charge in [0.15, 0.2) is 0 Å². The molecule has 7 heteroatoms. The zero-order valence-electron chi connectivity index (χ0n) is 11.3. The Morgan fingerprint density at radius 1 is 1.24 bits per heavy atom. The van der Waals surface area contributed by atoms with Gasteiger partial charge in [0.05, 0.1) is 12.1 Å². The number of benzene rings is 1. The van der Waals surface area contributed by atoms with Gasteiger partial charge >= 0.3 is 12.0 Å². The van der Waals surface area contributed by atoms with Gasteiger partial charge in [-0.2, -0.15) is 0 Å². The fourth-order valence-corrected chi connectivity index (χ4v) is 1.88. The van der Waals surface area contributed by atoms with Gasteiger partial charge in [-0.25, -0.2) is 14.6 Å². The summed E-state index contributed by atoms with van der Waals surface area (Å²) in [7, 11) is 0. The average Bonchev–Trinajstić information content (AvgIpc) is 2.99. The first-order chi connectivity index (χ1) is 10.2. The molecule has 4 N–H and O–H groups in total. The highest BCUT2D eigenvalue weighted by Gasteiger charge is 2.09. The van der Waals surface area contributed by atoms with Crippen LogP contribution in [0.3, 0.4) is 0 Å². The van der Waals surface area contributed by atoms with E-state index in [0.29, 0.717) is 30.9 Å². The lowest BCUT2D eigenvalue weighted by molar-refractivity contribution is 0.0695. The molecule has 2 aromatic rings. The van der Waals surface area contributed by atoms with E-state index < -0.39 is 5.97 Å². The zero-order valence-corrected chi connectivity index (χ0v) is 11.3. The molecule has 1 aromatic carbocycles. The van der Waals surface area contributed by atoms with Crippen molar-refractivity contribution in [1.29, 1.82) is 0 Å². The molecule has 0 saturated carbocycles. The van der Waals surface area contributed by atoms with Crippen LogP contribution in [0.5, 0.6) is 0 Å². The minimum absolute atomic E-state index is 0.260. The van der Waals surface area contributed by atoms with Crippen molar-refractivity contribution in [3.63, 3.8) is 0 Å². The maximum absolute atomic E-state index is 11.6. The lowest BCUT2D eigenvalue weighted by atomic mass is 10.0. The summed E-state index contributed by atoms with van der Waals surface area (Å²) in [5, 5.41) is 14.4. The molecule has 0 atom stereocenters. The van der Waals surface area contributed by atoms with Crippen molar-refractivity contribution in [3.8, 4) is 0 Å². The van der Waals surface area contributed by atoms with Crippen LogP contribution in [0.15, 0.2) is 36.7 Å². The first-order valence-electron chi connectivity index (χ1n) is 6.48. The van der Waals surface area contributed by atoms with Crippen LogP contribution in [-0.4, -0.2) is 33.6 Å². The Balaban J connectivity index is 1.76. The number of carbonyl (C=O) groups excluding carboxylic acids is 1. The zero-order chi connectivity index (χ0) is 15.1. The molecule has 0 fully saturated rings. The van der Waals surface area contributed by atoms with Gasteiger partial charge in [-0.3, -0.25) is 0 Å². The monoisotopic (exact) mass is 288 g/mol. The Labute approximate surface area is 121 Å². The van der Waals surface area contributed by atoms with E-state index in [2.05, 4.69) is 20.6 Å². The normalized spacial score (nSPS) is 10.1. The molecule has 2 amide bonds. The molecular formula is C14H16N4O3. The summed E-state index contributed by atoms with van der Waals surface area (Å²) in [4.78, 5) is 29.5. The van der Waals surface area contributed by atoms with Gasteiger partial charge in [-0.05, 0) is 18.1 Å². The highest BCUT2D eigenvalue weighted by Crippen LogP contribution is 2.08. The molecule has 1 aromatic heterocycles. The second kappa shape index (κ2) is 7.09. The number of carboxylic acid groups (broad SMARTS) is 1. The maximum atomic E-state index is 11.6. The van der Waals surface area contributed by atoms with Crippen LogP contribution in [0.25, 0.3) is 0 Å². The number of carbonyl (C=O) groups is 2. The maximum Gasteiger partial charge on any atom is 0.335 e. The van der Waals surface area contributed by atoms with Crippen molar-refractivity contribution in [2.45, 2.75) is 13.0 Å². The highest BCUT2D eigenvalue weighted by molar-refractivity contribution is 5.89. The number of carboxylic acids is 1. The van der Waals surface area contributed by atoms with Crippen LogP contribution in [0.4, 0.5) is 4.79 Å². The van der Waals surface area contributed by atoms with Crippen LogP contribution in [0.2, 0.25) is 0 Å². The SMILES string of the molecule is O=C(NCCc1ccccc1C(=O)O)NCc1ncc[nH]1. The largest absolute Gasteiger partial charge is 0.478 e. The Hall–Kier alpha value is -2.83. The number of H-pyrrole nitrogens is 1. The van der Waals surface area contributed by atoms with Gasteiger partial charge in [0.2, 0.25) is 0 Å². The Morgan fingerprint density at radius 2 is 2.05 bits per heavy atom. The third-order valence-electron chi connectivity index (χ3n) is 2.90. The number of amides is 2. The number of aromatic nitrogens is 2. The van der Waals surface area contributed by atoms with Crippen molar-refractivity contribution < 1.29 is 14.7 Å². The smallest absolute Gasteiger partial charge is 0.335 e. The van der Waals surface area contributed by atoms with Gasteiger partial charge in [-0.15, -0.1) is 0 Å². The minimum atomic E-state index is -0.965. The number of imidazole rings is 1. The van der Waals surface area contributed by atoms with E-state index in [1.54, 1.807) is 36.7 Å². The van der Waals surface area contributed by atoms with Crippen molar-refractivity contribution >= 4 is 12.0 Å². The molecule has 0 aliphatic carbocycles. The summed E-state index contributed by atoms with van der Waals surface area (Å²) in [6.07, 6.45) is 3.74. The number of aromatic amines is 1. The second-order valence-electron chi connectivity index (χ2n) is 4.36.